The molecule has 4 rings (SSSR count). The van der Waals surface area contributed by atoms with E-state index in [2.05, 4.69) is 27.2 Å². The summed E-state index contributed by atoms with van der Waals surface area (Å²) in [7, 11) is 0. The molecule has 6 heteroatoms. The lowest BCUT2D eigenvalue weighted by atomic mass is 10.1. The summed E-state index contributed by atoms with van der Waals surface area (Å²) in [6.45, 7) is 9.20. The first-order valence-corrected chi connectivity index (χ1v) is 11.2. The molecule has 1 atom stereocenters. The Hall–Kier alpha value is -1.92. The van der Waals surface area contributed by atoms with Gasteiger partial charge in [0.15, 0.2) is 0 Å². The highest BCUT2D eigenvalue weighted by molar-refractivity contribution is 6.31. The van der Waals surface area contributed by atoms with E-state index in [9.17, 15) is 4.79 Å². The molecule has 2 fully saturated rings. The maximum atomic E-state index is 12.5. The predicted octanol–water partition coefficient (Wildman–Crippen LogP) is 4.20. The summed E-state index contributed by atoms with van der Waals surface area (Å²) >= 11 is 6.05. The van der Waals surface area contributed by atoms with Crippen LogP contribution in [0.3, 0.4) is 0 Å². The number of benzene rings is 2. The van der Waals surface area contributed by atoms with Gasteiger partial charge in [-0.15, -0.1) is 0 Å². The van der Waals surface area contributed by atoms with Crippen LogP contribution in [0, 0.1) is 6.92 Å². The van der Waals surface area contributed by atoms with Gasteiger partial charge in [-0.2, -0.15) is 0 Å². The fourth-order valence-corrected chi connectivity index (χ4v) is 4.27. The van der Waals surface area contributed by atoms with Gasteiger partial charge >= 0.3 is 0 Å². The van der Waals surface area contributed by atoms with E-state index in [4.69, 9.17) is 16.3 Å². The second kappa shape index (κ2) is 9.92. The molecule has 0 saturated carbocycles. The van der Waals surface area contributed by atoms with Gasteiger partial charge in [0.25, 0.3) is 5.91 Å². The lowest BCUT2D eigenvalue weighted by molar-refractivity contribution is 0.0489. The third-order valence-electron chi connectivity index (χ3n) is 5.99. The van der Waals surface area contributed by atoms with Crippen LogP contribution < -0.4 is 5.32 Å². The maximum Gasteiger partial charge on any atom is 0.255 e. The van der Waals surface area contributed by atoms with Crippen molar-refractivity contribution in [2.45, 2.75) is 32.4 Å². The first-order valence-electron chi connectivity index (χ1n) is 10.8. The zero-order chi connectivity index (χ0) is 20.9. The quantitative estimate of drug-likeness (QED) is 0.750. The Labute approximate surface area is 184 Å². The number of nitrogens with zero attached hydrogens (tertiary/aromatic N) is 2. The standard InChI is InChI=1S/C24H30ClN3O2/c1-18-15-21(8-9-23(18)25)26-24(29)20-6-4-19(5-7-20)16-27-10-12-28(13-11-27)17-22-3-2-14-30-22/h4-9,15,22H,2-3,10-14,16-17H2,1H3,(H,26,29). The molecule has 1 unspecified atom stereocenters. The number of ether oxygens (including phenoxy) is 1. The SMILES string of the molecule is Cc1cc(NC(=O)c2ccc(CN3CCN(CC4CCCO4)CC3)cc2)ccc1Cl. The molecule has 2 aliphatic rings. The summed E-state index contributed by atoms with van der Waals surface area (Å²) in [5.41, 5.74) is 3.60. The number of carbonyl (C=O) groups excluding carboxylic acids is 1. The Morgan fingerprint density at radius 3 is 2.50 bits per heavy atom. The zero-order valence-electron chi connectivity index (χ0n) is 17.6. The van der Waals surface area contributed by atoms with Crippen molar-refractivity contribution in [2.24, 2.45) is 0 Å². The van der Waals surface area contributed by atoms with Crippen molar-refractivity contribution in [3.05, 3.63) is 64.2 Å². The highest BCUT2D eigenvalue weighted by atomic mass is 35.5. The van der Waals surface area contributed by atoms with E-state index in [1.807, 2.05) is 31.2 Å². The van der Waals surface area contributed by atoms with Crippen LogP contribution in [0.15, 0.2) is 42.5 Å². The molecule has 30 heavy (non-hydrogen) atoms. The lowest BCUT2D eigenvalue weighted by Gasteiger charge is -2.35. The fourth-order valence-electron chi connectivity index (χ4n) is 4.15. The van der Waals surface area contributed by atoms with Crippen LogP contribution >= 0.6 is 11.6 Å². The number of amides is 1. The second-order valence-electron chi connectivity index (χ2n) is 8.33. The minimum Gasteiger partial charge on any atom is -0.377 e. The molecule has 0 aliphatic carbocycles. The molecule has 0 radical (unpaired) electrons. The van der Waals surface area contributed by atoms with Crippen LogP contribution in [-0.4, -0.2) is 61.1 Å². The van der Waals surface area contributed by atoms with Crippen molar-refractivity contribution < 1.29 is 9.53 Å². The van der Waals surface area contributed by atoms with Crippen molar-refractivity contribution in [3.63, 3.8) is 0 Å². The molecular weight excluding hydrogens is 398 g/mol. The minimum absolute atomic E-state index is 0.106. The Balaban J connectivity index is 1.25. The van der Waals surface area contributed by atoms with E-state index >= 15 is 0 Å². The monoisotopic (exact) mass is 427 g/mol. The lowest BCUT2D eigenvalue weighted by Crippen LogP contribution is -2.48. The third-order valence-corrected chi connectivity index (χ3v) is 6.41. The molecule has 2 aromatic carbocycles. The van der Waals surface area contributed by atoms with Crippen LogP contribution in [0.25, 0.3) is 0 Å². The molecule has 2 aliphatic heterocycles. The topological polar surface area (TPSA) is 44.8 Å². The van der Waals surface area contributed by atoms with Crippen LogP contribution in [-0.2, 0) is 11.3 Å². The summed E-state index contributed by atoms with van der Waals surface area (Å²) in [5, 5.41) is 3.64. The zero-order valence-corrected chi connectivity index (χ0v) is 18.3. The van der Waals surface area contributed by atoms with E-state index < -0.39 is 0 Å². The number of rotatable bonds is 6. The Bertz CT molecular complexity index is 857. The van der Waals surface area contributed by atoms with Crippen molar-refractivity contribution in [2.75, 3.05) is 44.6 Å². The van der Waals surface area contributed by atoms with Crippen molar-refractivity contribution in [1.29, 1.82) is 0 Å². The van der Waals surface area contributed by atoms with E-state index in [0.717, 1.165) is 57.1 Å². The minimum atomic E-state index is -0.106. The first-order chi connectivity index (χ1) is 14.6. The van der Waals surface area contributed by atoms with Gasteiger partial charge in [0.2, 0.25) is 0 Å². The van der Waals surface area contributed by atoms with Gasteiger partial charge in [0.1, 0.15) is 0 Å². The van der Waals surface area contributed by atoms with Gasteiger partial charge in [-0.3, -0.25) is 14.6 Å². The smallest absolute Gasteiger partial charge is 0.255 e. The number of halogens is 1. The first kappa shape index (κ1) is 21.3. The summed E-state index contributed by atoms with van der Waals surface area (Å²) in [6.07, 6.45) is 2.85. The predicted molar refractivity (Wildman–Crippen MR) is 121 cm³/mol. The van der Waals surface area contributed by atoms with Crippen LogP contribution in [0.4, 0.5) is 5.69 Å². The Morgan fingerprint density at radius 1 is 1.10 bits per heavy atom. The van der Waals surface area contributed by atoms with E-state index in [-0.39, 0.29) is 5.91 Å². The molecule has 2 saturated heterocycles. The van der Waals surface area contributed by atoms with Crippen molar-refractivity contribution in [1.82, 2.24) is 9.80 Å². The van der Waals surface area contributed by atoms with Gasteiger partial charge < -0.3 is 10.1 Å². The summed E-state index contributed by atoms with van der Waals surface area (Å²) in [5.74, 6) is -0.106. The summed E-state index contributed by atoms with van der Waals surface area (Å²) < 4.78 is 5.76. The highest BCUT2D eigenvalue weighted by Crippen LogP contribution is 2.20. The van der Waals surface area contributed by atoms with Gasteiger partial charge in [-0.25, -0.2) is 0 Å². The van der Waals surface area contributed by atoms with Crippen molar-refractivity contribution in [3.8, 4) is 0 Å². The van der Waals surface area contributed by atoms with E-state index in [1.165, 1.54) is 18.4 Å². The average molecular weight is 428 g/mol. The molecule has 160 valence electrons. The largest absolute Gasteiger partial charge is 0.377 e. The van der Waals surface area contributed by atoms with Crippen molar-refractivity contribution >= 4 is 23.2 Å². The van der Waals surface area contributed by atoms with Gasteiger partial charge in [0.05, 0.1) is 6.10 Å². The van der Waals surface area contributed by atoms with Crippen LogP contribution in [0.1, 0.15) is 34.3 Å². The Kier molecular flexibility index (Phi) is 7.05. The molecular formula is C24H30ClN3O2. The molecule has 2 aromatic rings. The maximum absolute atomic E-state index is 12.5. The van der Waals surface area contributed by atoms with Gasteiger partial charge in [-0.05, 0) is 61.2 Å². The summed E-state index contributed by atoms with van der Waals surface area (Å²) in [6, 6.07) is 13.4. The number of piperazine rings is 1. The molecule has 5 nitrogen and oxygen atoms in total. The second-order valence-corrected chi connectivity index (χ2v) is 8.73. The third kappa shape index (κ3) is 5.61. The number of nitrogens with one attached hydrogen (secondary N) is 1. The fraction of sp³-hybridized carbons (Fsp3) is 0.458. The molecule has 0 aromatic heterocycles. The molecule has 0 spiro atoms. The Morgan fingerprint density at radius 2 is 1.83 bits per heavy atom. The van der Waals surface area contributed by atoms with Crippen LogP contribution in [0.5, 0.6) is 0 Å². The average Bonchev–Trinajstić information content (AvgIpc) is 3.26. The molecule has 1 N–H and O–H groups in total. The number of carbonyl (C=O) groups is 1. The number of anilines is 1. The van der Waals surface area contributed by atoms with E-state index in [0.29, 0.717) is 16.7 Å². The normalized spacial score (nSPS) is 20.4. The number of aryl methyl sites for hydroxylation is 1. The molecule has 2 heterocycles. The van der Waals surface area contributed by atoms with Gasteiger partial charge in [-0.1, -0.05) is 23.7 Å². The molecule has 0 bridgehead atoms. The van der Waals surface area contributed by atoms with Crippen LogP contribution in [0.2, 0.25) is 5.02 Å². The summed E-state index contributed by atoms with van der Waals surface area (Å²) in [4.78, 5) is 17.5. The van der Waals surface area contributed by atoms with Gasteiger partial charge in [0, 0.05) is 62.1 Å². The van der Waals surface area contributed by atoms with E-state index in [1.54, 1.807) is 6.07 Å². The highest BCUT2D eigenvalue weighted by Gasteiger charge is 2.22. The molecule has 1 amide bonds. The number of hydrogen-bond acceptors (Lipinski definition) is 4. The number of hydrogen-bond donors (Lipinski definition) is 1.